The van der Waals surface area contributed by atoms with Crippen LogP contribution in [0.2, 0.25) is 0 Å². The SMILES string of the molecule is C/C(=C\OC(=O)NC(C)(C)C)C[C@H](C)/C=C/C(=O)N1C(=O)OC[C@@H]1Cc1ccccc1. The summed E-state index contributed by atoms with van der Waals surface area (Å²) < 4.78 is 10.2. The molecule has 2 atom stereocenters. The van der Waals surface area contributed by atoms with E-state index in [4.69, 9.17) is 9.47 Å². The minimum Gasteiger partial charge on any atom is -0.447 e. The summed E-state index contributed by atoms with van der Waals surface area (Å²) in [6.45, 7) is 9.60. The lowest BCUT2D eigenvalue weighted by Gasteiger charge is -2.19. The third-order valence-corrected chi connectivity index (χ3v) is 4.57. The third kappa shape index (κ3) is 8.28. The lowest BCUT2D eigenvalue weighted by atomic mass is 10.0. The molecule has 7 nitrogen and oxygen atoms in total. The second-order valence-electron chi connectivity index (χ2n) is 8.91. The van der Waals surface area contributed by atoms with Gasteiger partial charge in [0.1, 0.15) is 6.61 Å². The number of alkyl carbamates (subject to hydrolysis) is 1. The van der Waals surface area contributed by atoms with Gasteiger partial charge in [-0.3, -0.25) is 4.79 Å². The highest BCUT2D eigenvalue weighted by Gasteiger charge is 2.36. The van der Waals surface area contributed by atoms with E-state index in [1.54, 1.807) is 6.08 Å². The Hall–Kier alpha value is -3.09. The molecule has 7 heteroatoms. The number of ether oxygens (including phenoxy) is 2. The van der Waals surface area contributed by atoms with E-state index in [9.17, 15) is 14.4 Å². The molecule has 1 aliphatic heterocycles. The van der Waals surface area contributed by atoms with E-state index in [0.717, 1.165) is 11.1 Å². The predicted molar refractivity (Wildman–Crippen MR) is 118 cm³/mol. The van der Waals surface area contributed by atoms with Crippen LogP contribution in [-0.2, 0) is 20.7 Å². The summed E-state index contributed by atoms with van der Waals surface area (Å²) >= 11 is 0. The van der Waals surface area contributed by atoms with E-state index in [2.05, 4.69) is 5.32 Å². The van der Waals surface area contributed by atoms with Crippen molar-refractivity contribution in [1.29, 1.82) is 0 Å². The van der Waals surface area contributed by atoms with Gasteiger partial charge in [0.2, 0.25) is 0 Å². The third-order valence-electron chi connectivity index (χ3n) is 4.57. The van der Waals surface area contributed by atoms with Gasteiger partial charge in [0, 0.05) is 5.54 Å². The number of rotatable bonds is 7. The summed E-state index contributed by atoms with van der Waals surface area (Å²) in [5.74, 6) is -0.376. The van der Waals surface area contributed by atoms with E-state index in [1.807, 2.05) is 65.0 Å². The Morgan fingerprint density at radius 3 is 2.61 bits per heavy atom. The van der Waals surface area contributed by atoms with Crippen molar-refractivity contribution < 1.29 is 23.9 Å². The highest BCUT2D eigenvalue weighted by molar-refractivity contribution is 5.99. The lowest BCUT2D eigenvalue weighted by Crippen LogP contribution is -2.40. The molecule has 0 bridgehead atoms. The van der Waals surface area contributed by atoms with Gasteiger partial charge in [0.15, 0.2) is 0 Å². The molecule has 0 radical (unpaired) electrons. The molecule has 0 unspecified atom stereocenters. The van der Waals surface area contributed by atoms with E-state index >= 15 is 0 Å². The van der Waals surface area contributed by atoms with Crippen LogP contribution in [0.25, 0.3) is 0 Å². The number of hydrogen-bond donors (Lipinski definition) is 1. The standard InChI is InChI=1S/C24H32N2O5/c1-17(13-18(2)15-30-22(28)25-24(3,4)5)11-12-21(27)26-20(16-31-23(26)29)14-19-9-7-6-8-10-19/h6-12,15,17,20H,13-14,16H2,1-5H3,(H,25,28)/b12-11+,18-15+/t17-,20+/m1/s1. The van der Waals surface area contributed by atoms with Gasteiger partial charge in [0.05, 0.1) is 12.3 Å². The minimum absolute atomic E-state index is 0.0145. The summed E-state index contributed by atoms with van der Waals surface area (Å²) in [5, 5.41) is 2.71. The van der Waals surface area contributed by atoms with Gasteiger partial charge in [-0.15, -0.1) is 0 Å². The molecule has 0 aliphatic carbocycles. The van der Waals surface area contributed by atoms with Crippen LogP contribution in [0.3, 0.4) is 0 Å². The van der Waals surface area contributed by atoms with Crippen LogP contribution in [0.5, 0.6) is 0 Å². The molecule has 0 aromatic heterocycles. The summed E-state index contributed by atoms with van der Waals surface area (Å²) in [6.07, 6.45) is 4.61. The van der Waals surface area contributed by atoms with E-state index in [0.29, 0.717) is 12.8 Å². The van der Waals surface area contributed by atoms with Gasteiger partial charge >= 0.3 is 12.2 Å². The zero-order chi connectivity index (χ0) is 23.0. The number of cyclic esters (lactones) is 1. The average Bonchev–Trinajstić information content (AvgIpc) is 3.04. The van der Waals surface area contributed by atoms with Crippen molar-refractivity contribution in [2.24, 2.45) is 5.92 Å². The maximum Gasteiger partial charge on any atom is 0.417 e. The molecular formula is C24H32N2O5. The van der Waals surface area contributed by atoms with E-state index in [-0.39, 0.29) is 24.1 Å². The lowest BCUT2D eigenvalue weighted by molar-refractivity contribution is -0.124. The van der Waals surface area contributed by atoms with Crippen molar-refractivity contribution in [1.82, 2.24) is 10.2 Å². The second-order valence-corrected chi connectivity index (χ2v) is 8.91. The zero-order valence-corrected chi connectivity index (χ0v) is 18.9. The van der Waals surface area contributed by atoms with Crippen molar-refractivity contribution in [3.05, 3.63) is 59.9 Å². The first-order chi connectivity index (χ1) is 14.5. The van der Waals surface area contributed by atoms with E-state index < -0.39 is 18.1 Å². The summed E-state index contributed by atoms with van der Waals surface area (Å²) in [4.78, 5) is 37.6. The van der Waals surface area contributed by atoms with Crippen LogP contribution in [0.4, 0.5) is 9.59 Å². The van der Waals surface area contributed by atoms with Crippen molar-refractivity contribution in [3.63, 3.8) is 0 Å². The van der Waals surface area contributed by atoms with Crippen LogP contribution in [-0.4, -0.2) is 41.2 Å². The van der Waals surface area contributed by atoms with Crippen LogP contribution in [0, 0.1) is 5.92 Å². The number of carbonyl (C=O) groups excluding carboxylic acids is 3. The van der Waals surface area contributed by atoms with Crippen molar-refractivity contribution >= 4 is 18.1 Å². The molecule has 1 aromatic rings. The molecule has 1 fully saturated rings. The molecular weight excluding hydrogens is 396 g/mol. The molecule has 1 aromatic carbocycles. The Bertz CT molecular complexity index is 839. The van der Waals surface area contributed by atoms with Crippen LogP contribution in [0.15, 0.2) is 54.3 Å². The summed E-state index contributed by atoms with van der Waals surface area (Å²) in [7, 11) is 0. The Kier molecular flexibility index (Phi) is 8.42. The van der Waals surface area contributed by atoms with Gasteiger partial charge in [-0.1, -0.05) is 43.3 Å². The first-order valence-corrected chi connectivity index (χ1v) is 10.4. The summed E-state index contributed by atoms with van der Waals surface area (Å²) in [6, 6.07) is 9.37. The largest absolute Gasteiger partial charge is 0.447 e. The van der Waals surface area contributed by atoms with Crippen LogP contribution in [0.1, 0.15) is 46.6 Å². The molecule has 3 amide bonds. The number of nitrogens with zero attached hydrogens (tertiary/aromatic N) is 1. The smallest absolute Gasteiger partial charge is 0.417 e. The van der Waals surface area contributed by atoms with Gasteiger partial charge in [-0.05, 0) is 63.7 Å². The molecule has 31 heavy (non-hydrogen) atoms. The number of amides is 3. The molecule has 1 heterocycles. The normalized spacial score (nSPS) is 18.1. The molecule has 2 rings (SSSR count). The Balaban J connectivity index is 1.89. The fraction of sp³-hybridized carbons (Fsp3) is 0.458. The predicted octanol–water partition coefficient (Wildman–Crippen LogP) is 4.59. The molecule has 1 saturated heterocycles. The van der Waals surface area contributed by atoms with Gasteiger partial charge < -0.3 is 14.8 Å². The molecule has 0 spiro atoms. The number of allylic oxidation sites excluding steroid dienone is 2. The van der Waals surface area contributed by atoms with Gasteiger partial charge in [-0.25, -0.2) is 14.5 Å². The summed E-state index contributed by atoms with van der Waals surface area (Å²) in [5.41, 5.74) is 1.53. The maximum atomic E-state index is 12.6. The van der Waals surface area contributed by atoms with Crippen molar-refractivity contribution in [2.45, 2.75) is 59.0 Å². The van der Waals surface area contributed by atoms with Crippen molar-refractivity contribution in [3.8, 4) is 0 Å². The first kappa shape index (κ1) is 24.2. The number of benzene rings is 1. The molecule has 1 aliphatic rings. The minimum atomic E-state index is -0.613. The Morgan fingerprint density at radius 1 is 1.29 bits per heavy atom. The number of nitrogens with one attached hydrogen (secondary N) is 1. The Morgan fingerprint density at radius 2 is 1.97 bits per heavy atom. The first-order valence-electron chi connectivity index (χ1n) is 10.4. The molecule has 0 saturated carbocycles. The van der Waals surface area contributed by atoms with E-state index in [1.165, 1.54) is 17.2 Å². The Labute approximate surface area is 184 Å². The van der Waals surface area contributed by atoms with Crippen molar-refractivity contribution in [2.75, 3.05) is 6.61 Å². The maximum absolute atomic E-state index is 12.6. The van der Waals surface area contributed by atoms with Crippen LogP contribution >= 0.6 is 0 Å². The monoisotopic (exact) mass is 428 g/mol. The number of imide groups is 1. The number of hydrogen-bond acceptors (Lipinski definition) is 5. The highest BCUT2D eigenvalue weighted by Crippen LogP contribution is 2.19. The van der Waals surface area contributed by atoms with Gasteiger partial charge in [-0.2, -0.15) is 0 Å². The second kappa shape index (κ2) is 10.8. The molecule has 168 valence electrons. The fourth-order valence-electron chi connectivity index (χ4n) is 3.21. The molecule has 1 N–H and O–H groups in total. The average molecular weight is 429 g/mol. The highest BCUT2D eigenvalue weighted by atomic mass is 16.6. The topological polar surface area (TPSA) is 84.9 Å². The quantitative estimate of drug-likeness (QED) is 0.507. The van der Waals surface area contributed by atoms with Crippen LogP contribution < -0.4 is 5.32 Å². The van der Waals surface area contributed by atoms with Gasteiger partial charge in [0.25, 0.3) is 5.91 Å². The number of carbonyl (C=O) groups is 3. The fourth-order valence-corrected chi connectivity index (χ4v) is 3.21. The zero-order valence-electron chi connectivity index (χ0n) is 18.9.